The Morgan fingerprint density at radius 1 is 1.19 bits per heavy atom. The molecule has 3 heteroatoms. The third kappa shape index (κ3) is 3.16. The van der Waals surface area contributed by atoms with E-state index in [9.17, 15) is 4.79 Å². The number of carbonyl (C=O) groups excluding carboxylic acids is 1. The zero-order valence-corrected chi connectivity index (χ0v) is 12.7. The van der Waals surface area contributed by atoms with Gasteiger partial charge in [0.1, 0.15) is 0 Å². The predicted octanol–water partition coefficient (Wildman–Crippen LogP) is 3.09. The fraction of sp³-hybridized carbons (Fsp3) is 0.923. The van der Waals surface area contributed by atoms with Crippen LogP contribution in [-0.4, -0.2) is 11.4 Å². The molecule has 0 radical (unpaired) electrons. The molecule has 96 valence electrons. The Morgan fingerprint density at radius 2 is 1.56 bits per heavy atom. The van der Waals surface area contributed by atoms with Crippen molar-refractivity contribution in [2.45, 2.75) is 60.4 Å². The molecule has 0 aromatic rings. The van der Waals surface area contributed by atoms with E-state index in [2.05, 4.69) is 53.8 Å². The third-order valence-electron chi connectivity index (χ3n) is 4.14. The van der Waals surface area contributed by atoms with Crippen LogP contribution in [0, 0.1) is 16.7 Å². The van der Waals surface area contributed by atoms with Crippen molar-refractivity contribution in [2.24, 2.45) is 16.7 Å². The minimum absolute atomic E-state index is 0. The largest absolute Gasteiger partial charge is 0.350 e. The highest BCUT2D eigenvalue weighted by atomic mass is 32.1. The smallest absolute Gasteiger partial charge is 0.224 e. The Labute approximate surface area is 107 Å². The number of carbonyl (C=O) groups is 1. The molecule has 1 aliphatic rings. The summed E-state index contributed by atoms with van der Waals surface area (Å²) in [6, 6.07) is 0. The number of hydrogen-bond donors (Lipinski definition) is 1. The lowest BCUT2D eigenvalue weighted by Gasteiger charge is -2.39. The van der Waals surface area contributed by atoms with Crippen LogP contribution in [0.4, 0.5) is 0 Å². The molecule has 1 N–H and O–H groups in total. The molecular formula is C13H27NOS. The molecule has 0 spiro atoms. The normalized spacial score (nSPS) is 23.3. The first-order chi connectivity index (χ1) is 6.47. The van der Waals surface area contributed by atoms with E-state index in [1.54, 1.807) is 0 Å². The molecule has 0 aromatic carbocycles. The second-order valence-corrected chi connectivity index (χ2v) is 7.11. The van der Waals surface area contributed by atoms with Crippen molar-refractivity contribution in [3.63, 3.8) is 0 Å². The summed E-state index contributed by atoms with van der Waals surface area (Å²) in [7, 11) is 0. The van der Waals surface area contributed by atoms with E-state index in [-0.39, 0.29) is 41.7 Å². The van der Waals surface area contributed by atoms with Crippen molar-refractivity contribution in [1.29, 1.82) is 0 Å². The zero-order chi connectivity index (χ0) is 12.1. The first kappa shape index (κ1) is 15.8. The lowest BCUT2D eigenvalue weighted by atomic mass is 9.76. The fourth-order valence-electron chi connectivity index (χ4n) is 1.50. The molecule has 1 rings (SSSR count). The van der Waals surface area contributed by atoms with Crippen LogP contribution in [0.25, 0.3) is 0 Å². The summed E-state index contributed by atoms with van der Waals surface area (Å²) in [6.07, 6.45) is 1.03. The molecule has 0 aromatic heterocycles. The van der Waals surface area contributed by atoms with Crippen LogP contribution in [0.2, 0.25) is 0 Å². The fourth-order valence-corrected chi connectivity index (χ4v) is 1.50. The maximum atomic E-state index is 12.0. The van der Waals surface area contributed by atoms with Gasteiger partial charge < -0.3 is 5.32 Å². The van der Waals surface area contributed by atoms with E-state index in [0.29, 0.717) is 0 Å². The molecule has 2 nitrogen and oxygen atoms in total. The number of amides is 1. The van der Waals surface area contributed by atoms with Crippen LogP contribution >= 0.6 is 13.5 Å². The molecule has 0 heterocycles. The molecule has 1 atom stereocenters. The topological polar surface area (TPSA) is 29.1 Å². The summed E-state index contributed by atoms with van der Waals surface area (Å²) in [5.74, 6) is 0.444. The number of hydrogen-bond acceptors (Lipinski definition) is 1. The lowest BCUT2D eigenvalue weighted by Crippen LogP contribution is -2.53. The summed E-state index contributed by atoms with van der Waals surface area (Å²) >= 11 is 0. The van der Waals surface area contributed by atoms with Crippen LogP contribution in [0.5, 0.6) is 0 Å². The monoisotopic (exact) mass is 245 g/mol. The van der Waals surface area contributed by atoms with Crippen LogP contribution in [-0.2, 0) is 4.79 Å². The standard InChI is InChI=1S/C13H25NO.H2S/c1-11(2,3)13(6,7)14-10(15)9-8-12(9,4)5;/h9H,8H2,1-7H3,(H,14,15);1H2. The molecule has 1 unspecified atom stereocenters. The van der Waals surface area contributed by atoms with Gasteiger partial charge in [0.2, 0.25) is 5.91 Å². The van der Waals surface area contributed by atoms with E-state index < -0.39 is 0 Å². The molecule has 0 saturated heterocycles. The maximum absolute atomic E-state index is 12.0. The van der Waals surface area contributed by atoms with Crippen molar-refractivity contribution >= 4 is 19.4 Å². The maximum Gasteiger partial charge on any atom is 0.224 e. The van der Waals surface area contributed by atoms with Crippen molar-refractivity contribution < 1.29 is 4.79 Å². The second-order valence-electron chi connectivity index (χ2n) is 7.11. The van der Waals surface area contributed by atoms with E-state index in [4.69, 9.17) is 0 Å². The van der Waals surface area contributed by atoms with Gasteiger partial charge in [0, 0.05) is 11.5 Å². The zero-order valence-electron chi connectivity index (χ0n) is 11.7. The Hall–Kier alpha value is -0.180. The van der Waals surface area contributed by atoms with Gasteiger partial charge in [0.05, 0.1) is 0 Å². The van der Waals surface area contributed by atoms with Crippen molar-refractivity contribution in [2.75, 3.05) is 0 Å². The third-order valence-corrected chi connectivity index (χ3v) is 4.14. The van der Waals surface area contributed by atoms with Crippen molar-refractivity contribution in [3.8, 4) is 0 Å². The number of rotatable bonds is 2. The van der Waals surface area contributed by atoms with Gasteiger partial charge in [0.15, 0.2) is 0 Å². The summed E-state index contributed by atoms with van der Waals surface area (Å²) in [5, 5.41) is 3.17. The Kier molecular flexibility index (Phi) is 4.20. The predicted molar refractivity (Wildman–Crippen MR) is 73.9 cm³/mol. The molecule has 1 saturated carbocycles. The average molecular weight is 245 g/mol. The summed E-state index contributed by atoms with van der Waals surface area (Å²) in [4.78, 5) is 12.0. The minimum Gasteiger partial charge on any atom is -0.350 e. The van der Waals surface area contributed by atoms with E-state index >= 15 is 0 Å². The SMILES string of the molecule is CC1(C)CC1C(=O)NC(C)(C)C(C)(C)C.S. The molecule has 0 aliphatic heterocycles. The van der Waals surface area contributed by atoms with Gasteiger partial charge in [-0.05, 0) is 31.1 Å². The van der Waals surface area contributed by atoms with Gasteiger partial charge in [-0.2, -0.15) is 13.5 Å². The molecule has 1 fully saturated rings. The molecule has 16 heavy (non-hydrogen) atoms. The van der Waals surface area contributed by atoms with E-state index in [1.807, 2.05) is 0 Å². The summed E-state index contributed by atoms with van der Waals surface area (Å²) in [6.45, 7) is 15.0. The average Bonchev–Trinajstić information content (AvgIpc) is 2.56. The molecular weight excluding hydrogens is 218 g/mol. The van der Waals surface area contributed by atoms with E-state index in [0.717, 1.165) is 6.42 Å². The van der Waals surface area contributed by atoms with Crippen LogP contribution in [0.3, 0.4) is 0 Å². The summed E-state index contributed by atoms with van der Waals surface area (Å²) in [5.41, 5.74) is 0.155. The Bertz CT molecular complexity index is 276. The van der Waals surface area contributed by atoms with Gasteiger partial charge in [0.25, 0.3) is 0 Å². The lowest BCUT2D eigenvalue weighted by molar-refractivity contribution is -0.125. The van der Waals surface area contributed by atoms with Crippen molar-refractivity contribution in [1.82, 2.24) is 5.32 Å². The summed E-state index contributed by atoms with van der Waals surface area (Å²) < 4.78 is 0. The van der Waals surface area contributed by atoms with Gasteiger partial charge in [-0.25, -0.2) is 0 Å². The first-order valence-electron chi connectivity index (χ1n) is 5.79. The first-order valence-corrected chi connectivity index (χ1v) is 5.79. The molecule has 0 bridgehead atoms. The van der Waals surface area contributed by atoms with Crippen LogP contribution in [0.15, 0.2) is 0 Å². The minimum atomic E-state index is -0.150. The number of nitrogens with one attached hydrogen (secondary N) is 1. The highest BCUT2D eigenvalue weighted by molar-refractivity contribution is 7.59. The quantitative estimate of drug-likeness (QED) is 0.796. The highest BCUT2D eigenvalue weighted by Gasteiger charge is 2.51. The Morgan fingerprint density at radius 3 is 1.81 bits per heavy atom. The van der Waals surface area contributed by atoms with Crippen molar-refractivity contribution in [3.05, 3.63) is 0 Å². The van der Waals surface area contributed by atoms with E-state index in [1.165, 1.54) is 0 Å². The van der Waals surface area contributed by atoms with Crippen LogP contribution < -0.4 is 5.32 Å². The molecule has 1 amide bonds. The highest BCUT2D eigenvalue weighted by Crippen LogP contribution is 2.52. The molecule has 1 aliphatic carbocycles. The van der Waals surface area contributed by atoms with Gasteiger partial charge in [-0.15, -0.1) is 0 Å². The van der Waals surface area contributed by atoms with Crippen LogP contribution in [0.1, 0.15) is 54.9 Å². The second kappa shape index (κ2) is 4.25. The van der Waals surface area contributed by atoms with Gasteiger partial charge >= 0.3 is 0 Å². The van der Waals surface area contributed by atoms with Gasteiger partial charge in [-0.3, -0.25) is 4.79 Å². The Balaban J connectivity index is 0.00000225. The van der Waals surface area contributed by atoms with Gasteiger partial charge in [-0.1, -0.05) is 34.6 Å².